The second kappa shape index (κ2) is 7.72. The van der Waals surface area contributed by atoms with Crippen molar-refractivity contribution in [2.75, 3.05) is 6.54 Å². The molecule has 0 bridgehead atoms. The van der Waals surface area contributed by atoms with E-state index in [1.807, 2.05) is 19.1 Å². The maximum Gasteiger partial charge on any atom is 0.268 e. The zero-order valence-corrected chi connectivity index (χ0v) is 16.5. The molecule has 0 saturated carbocycles. The highest BCUT2D eigenvalue weighted by Crippen LogP contribution is 2.36. The number of aromatic nitrogens is 2. The zero-order chi connectivity index (χ0) is 20.7. The number of benzene rings is 2. The van der Waals surface area contributed by atoms with Crippen LogP contribution in [0.3, 0.4) is 0 Å². The molecule has 1 amide bonds. The van der Waals surface area contributed by atoms with Crippen LogP contribution in [0.15, 0.2) is 36.5 Å². The van der Waals surface area contributed by atoms with Crippen LogP contribution in [0.25, 0.3) is 10.9 Å². The number of H-pyrrole nitrogens is 1. The number of fused-ring (bicyclic) bond motifs is 2. The predicted octanol–water partition coefficient (Wildman–Crippen LogP) is 4.20. The summed E-state index contributed by atoms with van der Waals surface area (Å²) >= 11 is 6.33. The number of rotatable bonds is 4. The number of amides is 1. The first-order valence-electron chi connectivity index (χ1n) is 9.36. The number of carbonyl (C=O) groups is 1. The number of aliphatic hydroxyl groups excluding tert-OH is 1. The number of hydrogen-bond acceptors (Lipinski definition) is 3. The van der Waals surface area contributed by atoms with Crippen molar-refractivity contribution in [2.45, 2.75) is 38.3 Å². The molecule has 2 heterocycles. The van der Waals surface area contributed by atoms with Crippen LogP contribution < -0.4 is 0 Å². The quantitative estimate of drug-likeness (QED) is 0.665. The van der Waals surface area contributed by atoms with Crippen LogP contribution in [0, 0.1) is 0 Å². The van der Waals surface area contributed by atoms with Crippen molar-refractivity contribution in [3.63, 3.8) is 0 Å². The molecule has 2 atom stereocenters. The molecule has 3 aromatic rings. The molecule has 2 aromatic carbocycles. The van der Waals surface area contributed by atoms with Crippen LogP contribution in [-0.4, -0.2) is 39.1 Å². The molecule has 0 spiro atoms. The highest BCUT2D eigenvalue weighted by molar-refractivity contribution is 6.32. The molecule has 8 heteroatoms. The molecular weight excluding hydrogens is 400 g/mol. The van der Waals surface area contributed by atoms with Crippen LogP contribution in [0.5, 0.6) is 0 Å². The van der Waals surface area contributed by atoms with E-state index in [0.29, 0.717) is 29.1 Å². The molecule has 1 aliphatic heterocycles. The van der Waals surface area contributed by atoms with Gasteiger partial charge in [0.15, 0.2) is 0 Å². The van der Waals surface area contributed by atoms with Crippen LogP contribution in [0.4, 0.5) is 8.78 Å². The molecule has 5 nitrogen and oxygen atoms in total. The van der Waals surface area contributed by atoms with Gasteiger partial charge in [0.05, 0.1) is 24.2 Å². The zero-order valence-electron chi connectivity index (χ0n) is 15.7. The Balaban J connectivity index is 1.62. The molecule has 1 aliphatic rings. The Morgan fingerprint density at radius 3 is 2.93 bits per heavy atom. The van der Waals surface area contributed by atoms with Crippen LogP contribution in [0.1, 0.15) is 41.3 Å². The summed E-state index contributed by atoms with van der Waals surface area (Å²) in [7, 11) is 0. The summed E-state index contributed by atoms with van der Waals surface area (Å²) in [6.07, 6.45) is -2.49. The molecule has 152 valence electrons. The first-order valence-corrected chi connectivity index (χ1v) is 9.74. The smallest absolute Gasteiger partial charge is 0.268 e. The first-order chi connectivity index (χ1) is 13.9. The molecule has 0 fully saturated rings. The van der Waals surface area contributed by atoms with E-state index in [1.165, 1.54) is 6.07 Å². The van der Waals surface area contributed by atoms with Crippen molar-refractivity contribution in [1.82, 2.24) is 15.1 Å². The van der Waals surface area contributed by atoms with Crippen molar-refractivity contribution >= 4 is 28.4 Å². The highest BCUT2D eigenvalue weighted by atomic mass is 35.5. The Morgan fingerprint density at radius 2 is 2.17 bits per heavy atom. The Labute approximate surface area is 171 Å². The number of aromatic amines is 1. The van der Waals surface area contributed by atoms with E-state index in [0.717, 1.165) is 16.5 Å². The third-order valence-corrected chi connectivity index (χ3v) is 6.01. The van der Waals surface area contributed by atoms with E-state index in [4.69, 9.17) is 11.6 Å². The Hall–Kier alpha value is -2.51. The maximum atomic E-state index is 13.1. The number of nitrogens with one attached hydrogen (secondary N) is 1. The van der Waals surface area contributed by atoms with E-state index in [9.17, 15) is 18.7 Å². The van der Waals surface area contributed by atoms with Crippen LogP contribution in [0.2, 0.25) is 5.02 Å². The maximum absolute atomic E-state index is 13.1. The lowest BCUT2D eigenvalue weighted by atomic mass is 9.87. The number of alkyl halides is 2. The largest absolute Gasteiger partial charge is 0.382 e. The average Bonchev–Trinajstić information content (AvgIpc) is 3.18. The number of hydrogen-bond donors (Lipinski definition) is 2. The third-order valence-electron chi connectivity index (χ3n) is 5.65. The fourth-order valence-corrected chi connectivity index (χ4v) is 4.36. The van der Waals surface area contributed by atoms with E-state index < -0.39 is 12.5 Å². The molecule has 0 unspecified atom stereocenters. The summed E-state index contributed by atoms with van der Waals surface area (Å²) in [6.45, 7) is 2.26. The second-order valence-corrected chi connectivity index (χ2v) is 7.65. The van der Waals surface area contributed by atoms with Gasteiger partial charge in [-0.3, -0.25) is 9.89 Å². The standard InChI is InChI=1S/C21H20ClF2N3O2/c1-11-12-3-2-4-14(20(29)21(23)24)13(12)7-8-27(11)19(28)9-15-16-10-25-26-18(16)6-5-17(15)22/h2-6,10-11,20-21,29H,7-9H2,1H3,(H,25,26)/t11-,20+/m0/s1. The topological polar surface area (TPSA) is 69.2 Å². The summed E-state index contributed by atoms with van der Waals surface area (Å²) in [5, 5.41) is 18.1. The van der Waals surface area contributed by atoms with Gasteiger partial charge in [0.25, 0.3) is 6.43 Å². The molecule has 29 heavy (non-hydrogen) atoms. The van der Waals surface area contributed by atoms with Gasteiger partial charge in [-0.05, 0) is 47.7 Å². The van der Waals surface area contributed by atoms with Gasteiger partial charge in [0, 0.05) is 17.0 Å². The van der Waals surface area contributed by atoms with Gasteiger partial charge in [-0.15, -0.1) is 0 Å². The average molecular weight is 420 g/mol. The fraction of sp³-hybridized carbons (Fsp3) is 0.333. The van der Waals surface area contributed by atoms with Crippen molar-refractivity contribution in [3.8, 4) is 0 Å². The third kappa shape index (κ3) is 3.49. The van der Waals surface area contributed by atoms with Crippen molar-refractivity contribution < 1.29 is 18.7 Å². The Morgan fingerprint density at radius 1 is 1.38 bits per heavy atom. The van der Waals surface area contributed by atoms with Crippen LogP contribution in [-0.2, 0) is 17.6 Å². The Kier molecular flexibility index (Phi) is 5.27. The van der Waals surface area contributed by atoms with E-state index in [-0.39, 0.29) is 23.9 Å². The monoisotopic (exact) mass is 419 g/mol. The summed E-state index contributed by atoms with van der Waals surface area (Å²) in [5.74, 6) is -0.0986. The van der Waals surface area contributed by atoms with Gasteiger partial charge in [-0.25, -0.2) is 8.78 Å². The lowest BCUT2D eigenvalue weighted by Crippen LogP contribution is -2.40. The molecule has 0 saturated heterocycles. The molecule has 4 rings (SSSR count). The number of nitrogens with zero attached hydrogens (tertiary/aromatic N) is 2. The molecule has 0 radical (unpaired) electrons. The molecule has 0 aliphatic carbocycles. The lowest BCUT2D eigenvalue weighted by Gasteiger charge is -2.37. The van der Waals surface area contributed by atoms with Gasteiger partial charge in [0.1, 0.15) is 6.10 Å². The van der Waals surface area contributed by atoms with Crippen molar-refractivity contribution in [2.24, 2.45) is 0 Å². The SMILES string of the molecule is C[C@H]1c2cccc([C@@H](O)C(F)F)c2CCN1C(=O)Cc1c(Cl)ccc2[nH]ncc12. The Bertz CT molecular complexity index is 1070. The summed E-state index contributed by atoms with van der Waals surface area (Å²) in [5.41, 5.74) is 3.24. The number of halogens is 3. The predicted molar refractivity (Wildman–Crippen MR) is 106 cm³/mol. The van der Waals surface area contributed by atoms with Crippen molar-refractivity contribution in [3.05, 3.63) is 63.8 Å². The van der Waals surface area contributed by atoms with Crippen molar-refractivity contribution in [1.29, 1.82) is 0 Å². The molecular formula is C21H20ClF2N3O2. The minimum absolute atomic E-state index is 0.0986. The highest BCUT2D eigenvalue weighted by Gasteiger charge is 2.32. The normalized spacial score (nSPS) is 17.6. The minimum Gasteiger partial charge on any atom is -0.382 e. The molecule has 2 N–H and O–H groups in total. The minimum atomic E-state index is -2.85. The van der Waals surface area contributed by atoms with E-state index in [1.54, 1.807) is 23.2 Å². The van der Waals surface area contributed by atoms with Gasteiger partial charge in [0.2, 0.25) is 5.91 Å². The van der Waals surface area contributed by atoms with Gasteiger partial charge >= 0.3 is 0 Å². The molecule has 1 aromatic heterocycles. The lowest BCUT2D eigenvalue weighted by molar-refractivity contribution is -0.133. The number of aliphatic hydroxyl groups is 1. The van der Waals surface area contributed by atoms with E-state index >= 15 is 0 Å². The van der Waals surface area contributed by atoms with Crippen LogP contribution >= 0.6 is 11.6 Å². The summed E-state index contributed by atoms with van der Waals surface area (Å²) in [6, 6.07) is 8.25. The first kappa shape index (κ1) is 19.8. The summed E-state index contributed by atoms with van der Waals surface area (Å²) in [4.78, 5) is 14.8. The van der Waals surface area contributed by atoms with Gasteiger partial charge in [-0.2, -0.15) is 5.10 Å². The van der Waals surface area contributed by atoms with Gasteiger partial charge in [-0.1, -0.05) is 29.8 Å². The van der Waals surface area contributed by atoms with Gasteiger partial charge < -0.3 is 10.0 Å². The van der Waals surface area contributed by atoms with E-state index in [2.05, 4.69) is 10.2 Å². The second-order valence-electron chi connectivity index (χ2n) is 7.24. The number of carbonyl (C=O) groups excluding carboxylic acids is 1. The summed E-state index contributed by atoms with van der Waals surface area (Å²) < 4.78 is 26.1. The fourth-order valence-electron chi connectivity index (χ4n) is 4.13.